The number of nitrogens with one attached hydrogen (secondary N) is 1. The molecule has 0 atom stereocenters. The van der Waals surface area contributed by atoms with Crippen molar-refractivity contribution in [3.8, 4) is 5.75 Å². The standard InChI is InChI=1S/C17H23N3OS/c1-18-17(20(2)10-9-16-8-5-11-22-16)19-13-14-6-4-7-15(12-14)21-3/h4-8,11-12H,9-10,13H2,1-3H3,(H,18,19). The number of ether oxygens (including phenoxy) is 1. The number of aliphatic imine (C=N–C) groups is 1. The van der Waals surface area contributed by atoms with Crippen LogP contribution < -0.4 is 10.1 Å². The number of hydrogen-bond acceptors (Lipinski definition) is 3. The molecule has 118 valence electrons. The van der Waals surface area contributed by atoms with E-state index in [1.165, 1.54) is 10.4 Å². The monoisotopic (exact) mass is 317 g/mol. The number of benzene rings is 1. The van der Waals surface area contributed by atoms with Crippen LogP contribution in [0, 0.1) is 0 Å². The average Bonchev–Trinajstić information content (AvgIpc) is 3.07. The van der Waals surface area contributed by atoms with Crippen LogP contribution in [0.2, 0.25) is 0 Å². The van der Waals surface area contributed by atoms with Crippen LogP contribution in [0.3, 0.4) is 0 Å². The van der Waals surface area contributed by atoms with Gasteiger partial charge in [0.05, 0.1) is 7.11 Å². The van der Waals surface area contributed by atoms with Crippen molar-refractivity contribution < 1.29 is 4.74 Å². The highest BCUT2D eigenvalue weighted by atomic mass is 32.1. The molecule has 1 aromatic carbocycles. The zero-order valence-corrected chi connectivity index (χ0v) is 14.2. The largest absolute Gasteiger partial charge is 0.497 e. The second-order valence-electron chi connectivity index (χ2n) is 5.00. The number of likely N-dealkylation sites (N-methyl/N-ethyl adjacent to an activating group) is 1. The molecule has 0 amide bonds. The van der Waals surface area contributed by atoms with Gasteiger partial charge in [0.2, 0.25) is 0 Å². The van der Waals surface area contributed by atoms with Crippen LogP contribution >= 0.6 is 11.3 Å². The lowest BCUT2D eigenvalue weighted by Gasteiger charge is -2.22. The maximum absolute atomic E-state index is 5.25. The molecule has 0 aliphatic heterocycles. The van der Waals surface area contributed by atoms with Crippen molar-refractivity contribution in [3.05, 3.63) is 52.2 Å². The van der Waals surface area contributed by atoms with Crippen molar-refractivity contribution >= 4 is 17.3 Å². The summed E-state index contributed by atoms with van der Waals surface area (Å²) in [7, 11) is 5.56. The van der Waals surface area contributed by atoms with Crippen molar-refractivity contribution in [2.45, 2.75) is 13.0 Å². The summed E-state index contributed by atoms with van der Waals surface area (Å²) in [5.41, 5.74) is 1.17. The molecule has 0 spiro atoms. The average molecular weight is 317 g/mol. The first-order valence-corrected chi connectivity index (χ1v) is 8.18. The van der Waals surface area contributed by atoms with E-state index in [0.29, 0.717) is 0 Å². The van der Waals surface area contributed by atoms with E-state index >= 15 is 0 Å². The molecular weight excluding hydrogens is 294 g/mol. The van der Waals surface area contributed by atoms with Gasteiger partial charge < -0.3 is 15.0 Å². The van der Waals surface area contributed by atoms with E-state index in [1.54, 1.807) is 18.4 Å². The first kappa shape index (κ1) is 16.4. The van der Waals surface area contributed by atoms with Gasteiger partial charge in [-0.1, -0.05) is 18.2 Å². The summed E-state index contributed by atoms with van der Waals surface area (Å²) in [6, 6.07) is 12.3. The zero-order chi connectivity index (χ0) is 15.8. The van der Waals surface area contributed by atoms with Crippen LogP contribution in [0.15, 0.2) is 46.8 Å². The Balaban J connectivity index is 1.85. The van der Waals surface area contributed by atoms with Gasteiger partial charge in [0, 0.05) is 32.1 Å². The maximum atomic E-state index is 5.25. The second kappa shape index (κ2) is 8.44. The van der Waals surface area contributed by atoms with Gasteiger partial charge in [-0.3, -0.25) is 4.99 Å². The van der Waals surface area contributed by atoms with Crippen molar-refractivity contribution in [1.29, 1.82) is 0 Å². The molecule has 0 saturated heterocycles. The van der Waals surface area contributed by atoms with E-state index in [2.05, 4.69) is 45.8 Å². The van der Waals surface area contributed by atoms with Crippen LogP contribution in [-0.2, 0) is 13.0 Å². The van der Waals surface area contributed by atoms with Gasteiger partial charge in [-0.15, -0.1) is 11.3 Å². The van der Waals surface area contributed by atoms with E-state index in [0.717, 1.165) is 31.2 Å². The predicted octanol–water partition coefficient (Wildman–Crippen LogP) is 3.01. The highest BCUT2D eigenvalue weighted by molar-refractivity contribution is 7.09. The summed E-state index contributed by atoms with van der Waals surface area (Å²) in [6.07, 6.45) is 1.04. The molecule has 0 radical (unpaired) electrons. The lowest BCUT2D eigenvalue weighted by atomic mass is 10.2. The topological polar surface area (TPSA) is 36.9 Å². The maximum Gasteiger partial charge on any atom is 0.193 e. The number of hydrogen-bond donors (Lipinski definition) is 1. The van der Waals surface area contributed by atoms with Gasteiger partial charge >= 0.3 is 0 Å². The fraction of sp³-hybridized carbons (Fsp3) is 0.353. The van der Waals surface area contributed by atoms with E-state index in [-0.39, 0.29) is 0 Å². The third kappa shape index (κ3) is 4.77. The Bertz CT molecular complexity index is 596. The molecule has 1 heterocycles. The molecule has 0 fully saturated rings. The second-order valence-corrected chi connectivity index (χ2v) is 6.04. The number of thiophene rings is 1. The SMILES string of the molecule is CN=C(NCc1cccc(OC)c1)N(C)CCc1cccs1. The molecule has 0 aliphatic carbocycles. The quantitative estimate of drug-likeness (QED) is 0.657. The summed E-state index contributed by atoms with van der Waals surface area (Å²) in [4.78, 5) is 7.90. The zero-order valence-electron chi connectivity index (χ0n) is 13.4. The van der Waals surface area contributed by atoms with Gasteiger partial charge in [0.25, 0.3) is 0 Å². The minimum atomic E-state index is 0.729. The third-order valence-corrected chi connectivity index (χ3v) is 4.37. The summed E-state index contributed by atoms with van der Waals surface area (Å²) < 4.78 is 5.25. The van der Waals surface area contributed by atoms with Crippen LogP contribution in [0.5, 0.6) is 5.75 Å². The van der Waals surface area contributed by atoms with Crippen LogP contribution in [0.1, 0.15) is 10.4 Å². The Morgan fingerprint density at radius 2 is 2.18 bits per heavy atom. The van der Waals surface area contributed by atoms with E-state index in [4.69, 9.17) is 4.74 Å². The fourth-order valence-corrected chi connectivity index (χ4v) is 2.89. The number of methoxy groups -OCH3 is 1. The summed E-state index contributed by atoms with van der Waals surface area (Å²) in [5.74, 6) is 1.78. The molecule has 4 nitrogen and oxygen atoms in total. The molecular formula is C17H23N3OS. The molecule has 22 heavy (non-hydrogen) atoms. The van der Waals surface area contributed by atoms with Crippen LogP contribution in [-0.4, -0.2) is 38.6 Å². The number of nitrogens with zero attached hydrogens (tertiary/aromatic N) is 2. The van der Waals surface area contributed by atoms with Crippen molar-refractivity contribution in [2.75, 3.05) is 27.7 Å². The number of rotatable bonds is 6. The molecule has 0 saturated carbocycles. The smallest absolute Gasteiger partial charge is 0.193 e. The summed E-state index contributed by atoms with van der Waals surface area (Å²) in [6.45, 7) is 1.67. The van der Waals surface area contributed by atoms with Gasteiger partial charge in [-0.2, -0.15) is 0 Å². The fourth-order valence-electron chi connectivity index (χ4n) is 2.19. The lowest BCUT2D eigenvalue weighted by molar-refractivity contribution is 0.414. The molecule has 2 aromatic rings. The molecule has 0 bridgehead atoms. The first-order valence-electron chi connectivity index (χ1n) is 7.30. The van der Waals surface area contributed by atoms with Crippen molar-refractivity contribution in [3.63, 3.8) is 0 Å². The Morgan fingerprint density at radius 3 is 2.86 bits per heavy atom. The minimum absolute atomic E-state index is 0.729. The molecule has 0 unspecified atom stereocenters. The molecule has 2 rings (SSSR count). The molecule has 5 heteroatoms. The summed E-state index contributed by atoms with van der Waals surface area (Å²) in [5, 5.41) is 5.51. The van der Waals surface area contributed by atoms with E-state index in [1.807, 2.05) is 25.2 Å². The molecule has 1 N–H and O–H groups in total. The van der Waals surface area contributed by atoms with Gasteiger partial charge in [0.1, 0.15) is 5.75 Å². The van der Waals surface area contributed by atoms with Gasteiger partial charge in [0.15, 0.2) is 5.96 Å². The Hall–Kier alpha value is -2.01. The van der Waals surface area contributed by atoms with E-state index < -0.39 is 0 Å². The molecule has 0 aliphatic rings. The Kier molecular flexibility index (Phi) is 6.27. The number of guanidine groups is 1. The Labute approximate surface area is 136 Å². The third-order valence-electron chi connectivity index (χ3n) is 3.43. The Morgan fingerprint density at radius 1 is 1.32 bits per heavy atom. The van der Waals surface area contributed by atoms with Crippen LogP contribution in [0.25, 0.3) is 0 Å². The highest BCUT2D eigenvalue weighted by Crippen LogP contribution is 2.12. The van der Waals surface area contributed by atoms with E-state index in [9.17, 15) is 0 Å². The lowest BCUT2D eigenvalue weighted by Crippen LogP contribution is -2.39. The normalized spacial score (nSPS) is 11.3. The summed E-state index contributed by atoms with van der Waals surface area (Å²) >= 11 is 1.80. The van der Waals surface area contributed by atoms with Crippen molar-refractivity contribution in [1.82, 2.24) is 10.2 Å². The van der Waals surface area contributed by atoms with Crippen LogP contribution in [0.4, 0.5) is 0 Å². The first-order chi connectivity index (χ1) is 10.7. The van der Waals surface area contributed by atoms with Crippen molar-refractivity contribution in [2.24, 2.45) is 4.99 Å². The van der Waals surface area contributed by atoms with Gasteiger partial charge in [-0.05, 0) is 35.6 Å². The van der Waals surface area contributed by atoms with Gasteiger partial charge in [-0.25, -0.2) is 0 Å². The minimum Gasteiger partial charge on any atom is -0.497 e. The highest BCUT2D eigenvalue weighted by Gasteiger charge is 2.06. The predicted molar refractivity (Wildman–Crippen MR) is 93.8 cm³/mol. The molecule has 1 aromatic heterocycles.